The number of carbonyl (C=O) groups excluding carboxylic acids is 2. The van der Waals surface area contributed by atoms with Crippen molar-refractivity contribution in [2.75, 3.05) is 0 Å². The van der Waals surface area contributed by atoms with E-state index in [0.29, 0.717) is 11.4 Å². The quantitative estimate of drug-likeness (QED) is 0.370. The van der Waals surface area contributed by atoms with Crippen LogP contribution in [0.5, 0.6) is 5.75 Å². The predicted molar refractivity (Wildman–Crippen MR) is 123 cm³/mol. The van der Waals surface area contributed by atoms with Gasteiger partial charge in [-0.25, -0.2) is 18.2 Å². The van der Waals surface area contributed by atoms with E-state index in [1.807, 2.05) is 6.92 Å². The Hall–Kier alpha value is -2.78. The van der Waals surface area contributed by atoms with Crippen LogP contribution in [0.3, 0.4) is 0 Å². The Kier molecular flexibility index (Phi) is 7.30. The molecule has 0 amide bonds. The number of Topliss-reactive ketones (excluding diaryl/α,β-unsaturated/α-hetero) is 1. The molecule has 32 heavy (non-hydrogen) atoms. The van der Waals surface area contributed by atoms with E-state index in [1.54, 1.807) is 24.3 Å². The molecule has 3 rings (SSSR count). The number of halogens is 2. The number of ketones is 1. The SMILES string of the molecule is Cc1ccc(S(=O)(=O)N[C@@H](C)C(=O)Oc2ccc(N=C3C=C(Cl)C(=O)C(Cl)=C3)cc2)cc1. The molecule has 0 spiro atoms. The van der Waals surface area contributed by atoms with E-state index in [9.17, 15) is 18.0 Å². The molecule has 2 aromatic rings. The molecule has 0 heterocycles. The fourth-order valence-corrected chi connectivity index (χ4v) is 4.29. The van der Waals surface area contributed by atoms with Gasteiger partial charge in [-0.05, 0) is 62.4 Å². The van der Waals surface area contributed by atoms with Gasteiger partial charge in [0, 0.05) is 0 Å². The van der Waals surface area contributed by atoms with Crippen LogP contribution >= 0.6 is 23.2 Å². The molecule has 1 atom stereocenters. The zero-order valence-electron chi connectivity index (χ0n) is 17.0. The van der Waals surface area contributed by atoms with E-state index in [4.69, 9.17) is 27.9 Å². The number of benzene rings is 2. The van der Waals surface area contributed by atoms with Crippen molar-refractivity contribution in [2.24, 2.45) is 4.99 Å². The van der Waals surface area contributed by atoms with Gasteiger partial charge >= 0.3 is 5.97 Å². The first-order chi connectivity index (χ1) is 15.0. The molecule has 0 fully saturated rings. The Labute approximate surface area is 195 Å². The highest BCUT2D eigenvalue weighted by molar-refractivity contribution is 7.89. The molecule has 166 valence electrons. The van der Waals surface area contributed by atoms with Crippen molar-refractivity contribution in [1.82, 2.24) is 4.72 Å². The van der Waals surface area contributed by atoms with Gasteiger partial charge in [-0.1, -0.05) is 40.9 Å². The van der Waals surface area contributed by atoms with Crippen molar-refractivity contribution in [2.45, 2.75) is 24.8 Å². The number of ether oxygens (including phenoxy) is 1. The van der Waals surface area contributed by atoms with Crippen molar-refractivity contribution < 1.29 is 22.7 Å². The summed E-state index contributed by atoms with van der Waals surface area (Å²) in [5.41, 5.74) is 1.81. The minimum Gasteiger partial charge on any atom is -0.425 e. The fraction of sp³-hybridized carbons (Fsp3) is 0.136. The Bertz CT molecular complexity index is 1220. The number of nitrogens with one attached hydrogen (secondary N) is 1. The lowest BCUT2D eigenvalue weighted by molar-refractivity contribution is -0.135. The summed E-state index contributed by atoms with van der Waals surface area (Å²) in [6.07, 6.45) is 2.79. The van der Waals surface area contributed by atoms with Crippen LogP contribution in [0.4, 0.5) is 5.69 Å². The minimum absolute atomic E-state index is 0.0381. The zero-order chi connectivity index (χ0) is 23.5. The number of allylic oxidation sites excluding steroid dienone is 4. The van der Waals surface area contributed by atoms with Gasteiger partial charge < -0.3 is 4.74 Å². The third kappa shape index (κ3) is 5.92. The summed E-state index contributed by atoms with van der Waals surface area (Å²) in [5.74, 6) is -1.03. The maximum Gasteiger partial charge on any atom is 0.329 e. The summed E-state index contributed by atoms with van der Waals surface area (Å²) >= 11 is 11.7. The number of esters is 1. The summed E-state index contributed by atoms with van der Waals surface area (Å²) in [7, 11) is -3.87. The first-order valence-electron chi connectivity index (χ1n) is 9.34. The number of hydrogen-bond donors (Lipinski definition) is 1. The average molecular weight is 493 g/mol. The van der Waals surface area contributed by atoms with Gasteiger partial charge in [0.2, 0.25) is 15.8 Å². The molecular formula is C22H18Cl2N2O5S. The molecule has 10 heteroatoms. The van der Waals surface area contributed by atoms with Crippen molar-refractivity contribution in [3.8, 4) is 5.75 Å². The van der Waals surface area contributed by atoms with Crippen molar-refractivity contribution >= 4 is 56.4 Å². The minimum atomic E-state index is -3.87. The van der Waals surface area contributed by atoms with Gasteiger partial charge in [0.25, 0.3) is 0 Å². The van der Waals surface area contributed by atoms with E-state index >= 15 is 0 Å². The molecule has 0 saturated carbocycles. The second kappa shape index (κ2) is 9.79. The maximum atomic E-state index is 12.4. The molecule has 0 unspecified atom stereocenters. The van der Waals surface area contributed by atoms with E-state index in [2.05, 4.69) is 9.71 Å². The molecule has 0 radical (unpaired) electrons. The number of nitrogens with zero attached hydrogens (tertiary/aromatic N) is 1. The highest BCUT2D eigenvalue weighted by Gasteiger charge is 2.23. The van der Waals surface area contributed by atoms with E-state index in [-0.39, 0.29) is 20.7 Å². The summed E-state index contributed by atoms with van der Waals surface area (Å²) in [4.78, 5) is 28.2. The standard InChI is InChI=1S/C22H18Cl2N2O5S/c1-13-3-9-18(10-4-13)32(29,30)26-14(2)22(28)31-17-7-5-15(6-8-17)25-16-11-19(23)21(27)20(24)12-16/h3-12,14,26H,1-2H3/t14-/m0/s1. The second-order valence-corrected chi connectivity index (χ2v) is 9.45. The Morgan fingerprint density at radius 2 is 1.56 bits per heavy atom. The lowest BCUT2D eigenvalue weighted by Crippen LogP contribution is -2.40. The van der Waals surface area contributed by atoms with Gasteiger partial charge in [0.15, 0.2) is 0 Å². The molecule has 1 N–H and O–H groups in total. The molecule has 0 bridgehead atoms. The molecule has 7 nitrogen and oxygen atoms in total. The van der Waals surface area contributed by atoms with Crippen LogP contribution in [-0.2, 0) is 19.6 Å². The summed E-state index contributed by atoms with van der Waals surface area (Å²) in [5, 5.41) is -0.0762. The van der Waals surface area contributed by atoms with Gasteiger partial charge in [-0.3, -0.25) is 4.79 Å². The fourth-order valence-electron chi connectivity index (χ4n) is 2.62. The molecule has 0 aliphatic heterocycles. The van der Waals surface area contributed by atoms with Crippen molar-refractivity contribution in [1.29, 1.82) is 0 Å². The number of rotatable bonds is 6. The smallest absolute Gasteiger partial charge is 0.329 e. The highest BCUT2D eigenvalue weighted by atomic mass is 35.5. The monoisotopic (exact) mass is 492 g/mol. The summed E-state index contributed by atoms with van der Waals surface area (Å²) in [6.45, 7) is 3.24. The number of hydrogen-bond acceptors (Lipinski definition) is 6. The van der Waals surface area contributed by atoms with Crippen LogP contribution in [0.15, 0.2) is 80.6 Å². The first-order valence-corrected chi connectivity index (χ1v) is 11.6. The average Bonchev–Trinajstić information content (AvgIpc) is 2.73. The van der Waals surface area contributed by atoms with Gasteiger partial charge in [-0.15, -0.1) is 0 Å². The van der Waals surface area contributed by atoms with E-state index in [0.717, 1.165) is 5.56 Å². The maximum absolute atomic E-state index is 12.4. The second-order valence-electron chi connectivity index (χ2n) is 6.92. The van der Waals surface area contributed by atoms with Crippen LogP contribution in [0.2, 0.25) is 0 Å². The normalized spacial score (nSPS) is 15.0. The number of carbonyl (C=O) groups is 2. The van der Waals surface area contributed by atoms with Crippen LogP contribution < -0.4 is 9.46 Å². The summed E-state index contributed by atoms with van der Waals surface area (Å²) in [6, 6.07) is 11.3. The molecule has 0 saturated heterocycles. The van der Waals surface area contributed by atoms with Crippen LogP contribution in [0.25, 0.3) is 0 Å². The lowest BCUT2D eigenvalue weighted by Gasteiger charge is -2.14. The molecule has 0 aromatic heterocycles. The molecule has 2 aromatic carbocycles. The van der Waals surface area contributed by atoms with E-state index < -0.39 is 27.8 Å². The van der Waals surface area contributed by atoms with Crippen LogP contribution in [0.1, 0.15) is 12.5 Å². The lowest BCUT2D eigenvalue weighted by atomic mass is 10.1. The Morgan fingerprint density at radius 1 is 1.00 bits per heavy atom. The van der Waals surface area contributed by atoms with Crippen LogP contribution in [0, 0.1) is 6.92 Å². The van der Waals surface area contributed by atoms with Gasteiger partial charge in [0.1, 0.15) is 11.8 Å². The van der Waals surface area contributed by atoms with Gasteiger partial charge in [-0.2, -0.15) is 4.72 Å². The van der Waals surface area contributed by atoms with Crippen LogP contribution in [-0.4, -0.2) is 31.9 Å². The summed E-state index contributed by atoms with van der Waals surface area (Å²) < 4.78 is 32.4. The number of aliphatic imine (C=N–C) groups is 1. The number of aryl methyl sites for hydroxylation is 1. The third-order valence-corrected chi connectivity index (χ3v) is 6.43. The molecule has 1 aliphatic rings. The van der Waals surface area contributed by atoms with Crippen molar-refractivity contribution in [3.05, 3.63) is 76.3 Å². The van der Waals surface area contributed by atoms with Gasteiger partial charge in [0.05, 0.1) is 26.4 Å². The highest BCUT2D eigenvalue weighted by Crippen LogP contribution is 2.23. The molecule has 1 aliphatic carbocycles. The largest absolute Gasteiger partial charge is 0.425 e. The Balaban J connectivity index is 1.65. The predicted octanol–water partition coefficient (Wildman–Crippen LogP) is 4.17. The first kappa shape index (κ1) is 23.9. The zero-order valence-corrected chi connectivity index (χ0v) is 19.3. The number of sulfonamides is 1. The molecular weight excluding hydrogens is 475 g/mol. The topological polar surface area (TPSA) is 102 Å². The van der Waals surface area contributed by atoms with E-state index in [1.165, 1.54) is 43.3 Å². The van der Waals surface area contributed by atoms with Crippen molar-refractivity contribution in [3.63, 3.8) is 0 Å². The Morgan fingerprint density at radius 3 is 2.12 bits per heavy atom. The third-order valence-electron chi connectivity index (χ3n) is 4.31.